The Kier molecular flexibility index (Phi) is 3.54. The van der Waals surface area contributed by atoms with Crippen LogP contribution in [0.5, 0.6) is 0 Å². The van der Waals surface area contributed by atoms with Crippen molar-refractivity contribution in [3.05, 3.63) is 0 Å². The molecule has 1 fully saturated rings. The van der Waals surface area contributed by atoms with Gasteiger partial charge in [0.2, 0.25) is 0 Å². The molecule has 3 heteroatoms. The van der Waals surface area contributed by atoms with E-state index in [0.29, 0.717) is 6.04 Å². The normalized spacial score (nSPS) is 20.3. The Morgan fingerprint density at radius 2 is 1.85 bits per heavy atom. The van der Waals surface area contributed by atoms with Crippen LogP contribution in [0.15, 0.2) is 0 Å². The summed E-state index contributed by atoms with van der Waals surface area (Å²) in [6, 6.07) is 0.421. The SMILES string of the molecule is CC(C)NC(=S)NC1(C)CCCC1. The first kappa shape index (κ1) is 10.8. The zero-order chi connectivity index (χ0) is 9.90. The van der Waals surface area contributed by atoms with Crippen LogP contribution < -0.4 is 10.6 Å². The zero-order valence-electron chi connectivity index (χ0n) is 8.81. The Morgan fingerprint density at radius 1 is 1.31 bits per heavy atom. The lowest BCUT2D eigenvalue weighted by molar-refractivity contribution is 0.427. The van der Waals surface area contributed by atoms with Gasteiger partial charge in [0, 0.05) is 11.6 Å². The third kappa shape index (κ3) is 3.51. The monoisotopic (exact) mass is 200 g/mol. The number of thiocarbonyl (C=S) groups is 1. The molecule has 0 unspecified atom stereocenters. The number of hydrogen-bond donors (Lipinski definition) is 2. The van der Waals surface area contributed by atoms with Gasteiger partial charge in [0.05, 0.1) is 0 Å². The van der Waals surface area contributed by atoms with Crippen molar-refractivity contribution in [3.63, 3.8) is 0 Å². The molecule has 0 aromatic rings. The minimum atomic E-state index is 0.249. The third-order valence-corrected chi connectivity index (χ3v) is 2.76. The van der Waals surface area contributed by atoms with Gasteiger partial charge in [-0.2, -0.15) is 0 Å². The van der Waals surface area contributed by atoms with Crippen molar-refractivity contribution in [2.24, 2.45) is 0 Å². The molecule has 0 bridgehead atoms. The molecular weight excluding hydrogens is 180 g/mol. The molecule has 1 aliphatic rings. The molecule has 0 spiro atoms. The van der Waals surface area contributed by atoms with Crippen LogP contribution in [0, 0.1) is 0 Å². The highest BCUT2D eigenvalue weighted by atomic mass is 32.1. The second-order valence-electron chi connectivity index (χ2n) is 4.52. The maximum atomic E-state index is 5.22. The molecule has 0 radical (unpaired) electrons. The van der Waals surface area contributed by atoms with Crippen LogP contribution in [-0.4, -0.2) is 16.7 Å². The van der Waals surface area contributed by atoms with E-state index in [-0.39, 0.29) is 5.54 Å². The maximum Gasteiger partial charge on any atom is 0.166 e. The zero-order valence-corrected chi connectivity index (χ0v) is 9.63. The molecule has 0 amide bonds. The van der Waals surface area contributed by atoms with E-state index >= 15 is 0 Å². The lowest BCUT2D eigenvalue weighted by Crippen LogP contribution is -2.49. The molecule has 76 valence electrons. The molecule has 0 saturated heterocycles. The molecule has 0 heterocycles. The Labute approximate surface area is 86.5 Å². The van der Waals surface area contributed by atoms with Gasteiger partial charge in [0.1, 0.15) is 0 Å². The van der Waals surface area contributed by atoms with Gasteiger partial charge in [-0.15, -0.1) is 0 Å². The molecule has 2 N–H and O–H groups in total. The van der Waals surface area contributed by atoms with E-state index < -0.39 is 0 Å². The van der Waals surface area contributed by atoms with E-state index in [4.69, 9.17) is 12.2 Å². The van der Waals surface area contributed by atoms with Crippen LogP contribution >= 0.6 is 12.2 Å². The van der Waals surface area contributed by atoms with Crippen molar-refractivity contribution in [1.82, 2.24) is 10.6 Å². The number of rotatable bonds is 2. The van der Waals surface area contributed by atoms with Crippen LogP contribution in [0.1, 0.15) is 46.5 Å². The topological polar surface area (TPSA) is 24.1 Å². The van der Waals surface area contributed by atoms with Crippen molar-refractivity contribution in [3.8, 4) is 0 Å². The minimum Gasteiger partial charge on any atom is -0.361 e. The van der Waals surface area contributed by atoms with Crippen LogP contribution in [0.3, 0.4) is 0 Å². The Hall–Kier alpha value is -0.310. The van der Waals surface area contributed by atoms with Gasteiger partial charge in [0.25, 0.3) is 0 Å². The maximum absolute atomic E-state index is 5.22. The van der Waals surface area contributed by atoms with Gasteiger partial charge in [-0.05, 0) is 45.8 Å². The van der Waals surface area contributed by atoms with Gasteiger partial charge >= 0.3 is 0 Å². The highest BCUT2D eigenvalue weighted by Crippen LogP contribution is 2.28. The Balaban J connectivity index is 2.34. The van der Waals surface area contributed by atoms with Crippen LogP contribution in [-0.2, 0) is 0 Å². The summed E-state index contributed by atoms with van der Waals surface area (Å²) in [6.07, 6.45) is 5.14. The summed E-state index contributed by atoms with van der Waals surface area (Å²) in [4.78, 5) is 0. The Bertz CT molecular complexity index is 183. The van der Waals surface area contributed by atoms with Gasteiger partial charge < -0.3 is 10.6 Å². The fourth-order valence-electron chi connectivity index (χ4n) is 1.85. The summed E-state index contributed by atoms with van der Waals surface area (Å²) in [6.45, 7) is 6.46. The van der Waals surface area contributed by atoms with Crippen molar-refractivity contribution in [2.75, 3.05) is 0 Å². The van der Waals surface area contributed by atoms with E-state index in [9.17, 15) is 0 Å². The van der Waals surface area contributed by atoms with Crippen molar-refractivity contribution >= 4 is 17.3 Å². The summed E-state index contributed by atoms with van der Waals surface area (Å²) in [7, 11) is 0. The lowest BCUT2D eigenvalue weighted by Gasteiger charge is -2.28. The van der Waals surface area contributed by atoms with E-state index in [1.807, 2.05) is 0 Å². The van der Waals surface area contributed by atoms with Crippen molar-refractivity contribution in [1.29, 1.82) is 0 Å². The molecule has 1 aliphatic carbocycles. The van der Waals surface area contributed by atoms with Gasteiger partial charge in [-0.1, -0.05) is 12.8 Å². The predicted octanol–water partition coefficient (Wildman–Crippen LogP) is 2.19. The summed E-state index contributed by atoms with van der Waals surface area (Å²) < 4.78 is 0. The molecular formula is C10H20N2S. The smallest absolute Gasteiger partial charge is 0.166 e. The minimum absolute atomic E-state index is 0.249. The molecule has 1 rings (SSSR count). The molecule has 0 aromatic heterocycles. The number of hydrogen-bond acceptors (Lipinski definition) is 1. The van der Waals surface area contributed by atoms with E-state index in [1.165, 1.54) is 25.7 Å². The fourth-order valence-corrected chi connectivity index (χ4v) is 2.33. The van der Waals surface area contributed by atoms with Crippen LogP contribution in [0.25, 0.3) is 0 Å². The second kappa shape index (κ2) is 4.27. The molecule has 1 saturated carbocycles. The standard InChI is InChI=1S/C10H20N2S/c1-8(2)11-9(13)12-10(3)6-4-5-7-10/h8H,4-7H2,1-3H3,(H2,11,12,13). The van der Waals surface area contributed by atoms with Gasteiger partial charge in [0.15, 0.2) is 5.11 Å². The molecule has 0 aromatic carbocycles. The first-order valence-corrected chi connectivity index (χ1v) is 5.51. The quantitative estimate of drug-likeness (QED) is 0.668. The predicted molar refractivity (Wildman–Crippen MR) is 60.9 cm³/mol. The summed E-state index contributed by atoms with van der Waals surface area (Å²) in [5.74, 6) is 0. The Morgan fingerprint density at radius 3 is 2.31 bits per heavy atom. The number of nitrogens with one attached hydrogen (secondary N) is 2. The summed E-state index contributed by atoms with van der Waals surface area (Å²) >= 11 is 5.22. The molecule has 2 nitrogen and oxygen atoms in total. The highest BCUT2D eigenvalue weighted by molar-refractivity contribution is 7.80. The van der Waals surface area contributed by atoms with E-state index in [0.717, 1.165) is 5.11 Å². The highest BCUT2D eigenvalue weighted by Gasteiger charge is 2.28. The lowest BCUT2D eigenvalue weighted by atomic mass is 10.0. The summed E-state index contributed by atoms with van der Waals surface area (Å²) in [5, 5.41) is 7.43. The first-order chi connectivity index (χ1) is 6.02. The largest absolute Gasteiger partial charge is 0.361 e. The second-order valence-corrected chi connectivity index (χ2v) is 4.93. The van der Waals surface area contributed by atoms with E-state index in [2.05, 4.69) is 31.4 Å². The summed E-state index contributed by atoms with van der Waals surface area (Å²) in [5.41, 5.74) is 0.249. The average Bonchev–Trinajstić information content (AvgIpc) is 2.33. The van der Waals surface area contributed by atoms with Crippen molar-refractivity contribution < 1.29 is 0 Å². The molecule has 0 aliphatic heterocycles. The van der Waals surface area contributed by atoms with Crippen LogP contribution in [0.2, 0.25) is 0 Å². The third-order valence-electron chi connectivity index (χ3n) is 2.54. The fraction of sp³-hybridized carbons (Fsp3) is 0.900. The van der Waals surface area contributed by atoms with Gasteiger partial charge in [-0.3, -0.25) is 0 Å². The van der Waals surface area contributed by atoms with E-state index in [1.54, 1.807) is 0 Å². The molecule has 0 atom stereocenters. The molecule has 13 heavy (non-hydrogen) atoms. The van der Waals surface area contributed by atoms with Crippen molar-refractivity contribution in [2.45, 2.75) is 58.0 Å². The first-order valence-electron chi connectivity index (χ1n) is 5.10. The van der Waals surface area contributed by atoms with Crippen LogP contribution in [0.4, 0.5) is 0 Å². The van der Waals surface area contributed by atoms with Gasteiger partial charge in [-0.25, -0.2) is 0 Å². The average molecular weight is 200 g/mol.